The van der Waals surface area contributed by atoms with E-state index in [4.69, 9.17) is 4.74 Å². The Morgan fingerprint density at radius 2 is 1.88 bits per heavy atom. The zero-order valence-electron chi connectivity index (χ0n) is 15.1. The summed E-state index contributed by atoms with van der Waals surface area (Å²) in [6, 6.07) is 9.62. The van der Waals surface area contributed by atoms with Crippen LogP contribution in [0, 0.1) is 5.41 Å². The van der Waals surface area contributed by atoms with Crippen molar-refractivity contribution < 1.29 is 14.6 Å². The topological polar surface area (TPSA) is 53.0 Å². The molecule has 0 radical (unpaired) electrons. The van der Waals surface area contributed by atoms with Crippen molar-refractivity contribution in [3.05, 3.63) is 35.9 Å². The number of morpholine rings is 1. The molecule has 1 N–H and O–H groups in total. The number of rotatable bonds is 6. The summed E-state index contributed by atoms with van der Waals surface area (Å²) in [5, 5.41) is 10.5. The Morgan fingerprint density at radius 1 is 1.25 bits per heavy atom. The summed E-state index contributed by atoms with van der Waals surface area (Å²) in [6.45, 7) is 10.5. The minimum Gasteiger partial charge on any atom is -0.387 e. The second kappa shape index (κ2) is 8.60. The lowest BCUT2D eigenvalue weighted by Gasteiger charge is -2.34. The van der Waals surface area contributed by atoms with E-state index in [9.17, 15) is 9.90 Å². The van der Waals surface area contributed by atoms with Crippen LogP contribution in [0.2, 0.25) is 0 Å². The minimum absolute atomic E-state index is 0.0572. The van der Waals surface area contributed by atoms with Crippen molar-refractivity contribution in [3.8, 4) is 0 Å². The number of hydrogen-bond donors (Lipinski definition) is 1. The molecule has 0 bridgehead atoms. The molecule has 1 unspecified atom stereocenters. The van der Waals surface area contributed by atoms with Crippen LogP contribution in [0.15, 0.2) is 30.3 Å². The summed E-state index contributed by atoms with van der Waals surface area (Å²) in [7, 11) is 0. The fourth-order valence-corrected chi connectivity index (χ4v) is 2.99. The van der Waals surface area contributed by atoms with E-state index in [1.165, 1.54) is 0 Å². The first-order valence-electron chi connectivity index (χ1n) is 8.66. The minimum atomic E-state index is -0.592. The Kier molecular flexibility index (Phi) is 6.78. The van der Waals surface area contributed by atoms with Crippen molar-refractivity contribution in [1.82, 2.24) is 9.80 Å². The normalized spacial score (nSPS) is 17.1. The van der Waals surface area contributed by atoms with Crippen molar-refractivity contribution in [2.45, 2.75) is 26.9 Å². The van der Waals surface area contributed by atoms with Gasteiger partial charge in [0.05, 0.1) is 25.9 Å². The van der Waals surface area contributed by atoms with E-state index >= 15 is 0 Å². The average molecular weight is 334 g/mol. The highest BCUT2D eigenvalue weighted by atomic mass is 16.5. The first-order valence-corrected chi connectivity index (χ1v) is 8.66. The molecule has 5 nitrogen and oxygen atoms in total. The van der Waals surface area contributed by atoms with Gasteiger partial charge in [0.2, 0.25) is 5.91 Å². The first kappa shape index (κ1) is 18.9. The van der Waals surface area contributed by atoms with Gasteiger partial charge in [0.1, 0.15) is 0 Å². The molecule has 1 aliphatic heterocycles. The van der Waals surface area contributed by atoms with Crippen LogP contribution < -0.4 is 0 Å². The predicted octanol–water partition coefficient (Wildman–Crippen LogP) is 1.93. The molecule has 24 heavy (non-hydrogen) atoms. The van der Waals surface area contributed by atoms with Gasteiger partial charge in [0.25, 0.3) is 0 Å². The zero-order chi connectivity index (χ0) is 17.6. The number of hydrogen-bond acceptors (Lipinski definition) is 4. The molecule has 1 heterocycles. The predicted molar refractivity (Wildman–Crippen MR) is 94.7 cm³/mol. The molecule has 134 valence electrons. The van der Waals surface area contributed by atoms with Gasteiger partial charge in [0.15, 0.2) is 0 Å². The Bertz CT molecular complexity index is 507. The van der Waals surface area contributed by atoms with Gasteiger partial charge in [-0.2, -0.15) is 0 Å². The van der Waals surface area contributed by atoms with E-state index in [0.717, 1.165) is 12.1 Å². The zero-order valence-corrected chi connectivity index (χ0v) is 15.1. The number of benzene rings is 1. The quantitative estimate of drug-likeness (QED) is 0.864. The molecule has 0 saturated carbocycles. The monoisotopic (exact) mass is 334 g/mol. The number of carbonyl (C=O) groups is 1. The lowest BCUT2D eigenvalue weighted by molar-refractivity contribution is -0.137. The van der Waals surface area contributed by atoms with Crippen molar-refractivity contribution in [2.75, 3.05) is 45.9 Å². The molecular formula is C19H30N2O3. The lowest BCUT2D eigenvalue weighted by atomic mass is 9.95. The Labute approximate surface area is 145 Å². The van der Waals surface area contributed by atoms with Crippen molar-refractivity contribution in [1.29, 1.82) is 0 Å². The fourth-order valence-electron chi connectivity index (χ4n) is 2.99. The van der Waals surface area contributed by atoms with Gasteiger partial charge in [-0.25, -0.2) is 0 Å². The molecular weight excluding hydrogens is 304 g/mol. The van der Waals surface area contributed by atoms with E-state index in [1.54, 1.807) is 0 Å². The number of carbonyl (C=O) groups excluding carboxylic acids is 1. The summed E-state index contributed by atoms with van der Waals surface area (Å²) >= 11 is 0. The molecule has 1 atom stereocenters. The van der Waals surface area contributed by atoms with Gasteiger partial charge in [-0.1, -0.05) is 51.1 Å². The number of ether oxygens (including phenoxy) is 1. The lowest BCUT2D eigenvalue weighted by Crippen LogP contribution is -2.47. The summed E-state index contributed by atoms with van der Waals surface area (Å²) in [4.78, 5) is 16.5. The summed E-state index contributed by atoms with van der Waals surface area (Å²) in [6.07, 6.45) is -0.592. The number of aliphatic hydroxyl groups is 1. The summed E-state index contributed by atoms with van der Waals surface area (Å²) in [5.74, 6) is 0.114. The Balaban J connectivity index is 1.99. The van der Waals surface area contributed by atoms with Gasteiger partial charge in [-0.15, -0.1) is 0 Å². The van der Waals surface area contributed by atoms with Gasteiger partial charge in [-0.05, 0) is 11.0 Å². The molecule has 1 aromatic rings. The number of nitrogens with zero attached hydrogens (tertiary/aromatic N) is 2. The largest absolute Gasteiger partial charge is 0.387 e. The molecule has 5 heteroatoms. The van der Waals surface area contributed by atoms with Crippen molar-refractivity contribution >= 4 is 5.91 Å². The third kappa shape index (κ3) is 6.23. The van der Waals surface area contributed by atoms with E-state index in [0.29, 0.717) is 39.4 Å². The first-order chi connectivity index (χ1) is 11.3. The van der Waals surface area contributed by atoms with Crippen LogP contribution in [-0.2, 0) is 9.53 Å². The van der Waals surface area contributed by atoms with Gasteiger partial charge in [-0.3, -0.25) is 9.69 Å². The van der Waals surface area contributed by atoms with Gasteiger partial charge >= 0.3 is 0 Å². The molecule has 0 aliphatic carbocycles. The fraction of sp³-hybridized carbons (Fsp3) is 0.632. The number of aliphatic hydroxyl groups excluding tert-OH is 1. The maximum absolute atomic E-state index is 12.6. The summed E-state index contributed by atoms with van der Waals surface area (Å²) in [5.41, 5.74) is 0.942. The van der Waals surface area contributed by atoms with Gasteiger partial charge in [0, 0.05) is 26.2 Å². The SMILES string of the molecule is CC(C)(C)CN(CC(=O)N1CCOCC1)CC(O)c1ccccc1. The highest BCUT2D eigenvalue weighted by molar-refractivity contribution is 5.78. The van der Waals surface area contributed by atoms with E-state index < -0.39 is 6.10 Å². The third-order valence-electron chi connectivity index (χ3n) is 4.04. The van der Waals surface area contributed by atoms with Gasteiger partial charge < -0.3 is 14.7 Å². The van der Waals surface area contributed by atoms with Crippen LogP contribution in [0.3, 0.4) is 0 Å². The van der Waals surface area contributed by atoms with E-state index in [1.807, 2.05) is 35.2 Å². The standard InChI is InChI=1S/C19H30N2O3/c1-19(2,3)15-20(13-17(22)16-7-5-4-6-8-16)14-18(23)21-9-11-24-12-10-21/h4-8,17,22H,9-15H2,1-3H3. The molecule has 1 fully saturated rings. The maximum Gasteiger partial charge on any atom is 0.236 e. The van der Waals surface area contributed by atoms with Crippen LogP contribution in [0.25, 0.3) is 0 Å². The average Bonchev–Trinajstić information content (AvgIpc) is 2.55. The van der Waals surface area contributed by atoms with Crippen molar-refractivity contribution in [2.24, 2.45) is 5.41 Å². The van der Waals surface area contributed by atoms with Crippen LogP contribution in [-0.4, -0.2) is 66.8 Å². The molecule has 1 saturated heterocycles. The van der Waals surface area contributed by atoms with Crippen LogP contribution in [0.1, 0.15) is 32.4 Å². The van der Waals surface area contributed by atoms with Crippen molar-refractivity contribution in [3.63, 3.8) is 0 Å². The molecule has 1 aliphatic rings. The molecule has 1 amide bonds. The second-order valence-corrected chi connectivity index (χ2v) is 7.65. The highest BCUT2D eigenvalue weighted by Crippen LogP contribution is 2.19. The Morgan fingerprint density at radius 3 is 2.46 bits per heavy atom. The molecule has 0 spiro atoms. The van der Waals surface area contributed by atoms with E-state index in [2.05, 4.69) is 25.7 Å². The Hall–Kier alpha value is -1.43. The molecule has 0 aromatic heterocycles. The highest BCUT2D eigenvalue weighted by Gasteiger charge is 2.24. The smallest absolute Gasteiger partial charge is 0.236 e. The molecule has 1 aromatic carbocycles. The van der Waals surface area contributed by atoms with Crippen LogP contribution in [0.5, 0.6) is 0 Å². The van der Waals surface area contributed by atoms with E-state index in [-0.39, 0.29) is 11.3 Å². The maximum atomic E-state index is 12.6. The number of amides is 1. The molecule has 2 rings (SSSR count). The third-order valence-corrected chi connectivity index (χ3v) is 4.04. The second-order valence-electron chi connectivity index (χ2n) is 7.65. The van der Waals surface area contributed by atoms with Crippen LogP contribution in [0.4, 0.5) is 0 Å². The van der Waals surface area contributed by atoms with Crippen LogP contribution >= 0.6 is 0 Å². The summed E-state index contributed by atoms with van der Waals surface area (Å²) < 4.78 is 5.31.